The topological polar surface area (TPSA) is 44.8 Å². The van der Waals surface area contributed by atoms with Crippen molar-refractivity contribution in [3.05, 3.63) is 0 Å². The van der Waals surface area contributed by atoms with E-state index in [9.17, 15) is 4.79 Å². The molecular weight excluding hydrogens is 148 g/mol. The molecule has 0 aromatic carbocycles. The Bertz CT molecular complexity index is 134. The Morgan fingerprint density at radius 2 is 2.45 bits per heavy atom. The molecule has 0 amide bonds. The molecule has 1 aliphatic rings. The van der Waals surface area contributed by atoms with E-state index in [2.05, 4.69) is 0 Å². The summed E-state index contributed by atoms with van der Waals surface area (Å²) in [4.78, 5) is 10.7. The number of hydrogen-bond donors (Lipinski definition) is 0. The van der Waals surface area contributed by atoms with Crippen molar-refractivity contribution in [3.8, 4) is 0 Å². The predicted octanol–water partition coefficient (Wildman–Crippen LogP) is -0.0351. The number of carbonyl (C=O) groups excluding carboxylic acids is 1. The van der Waals surface area contributed by atoms with Crippen LogP contribution in [0, 0.1) is 0 Å². The number of hydrogen-bond acceptors (Lipinski definition) is 4. The van der Waals surface area contributed by atoms with E-state index in [4.69, 9.17) is 14.2 Å². The van der Waals surface area contributed by atoms with Crippen LogP contribution in [0.3, 0.4) is 0 Å². The van der Waals surface area contributed by atoms with Crippen LogP contribution < -0.4 is 0 Å². The van der Waals surface area contributed by atoms with E-state index in [-0.39, 0.29) is 25.3 Å². The Morgan fingerprint density at radius 3 is 3.18 bits per heavy atom. The molecule has 11 heavy (non-hydrogen) atoms. The second-order valence-corrected chi connectivity index (χ2v) is 2.25. The molecule has 4 heteroatoms. The molecule has 0 aromatic heterocycles. The van der Waals surface area contributed by atoms with E-state index in [1.807, 2.05) is 6.92 Å². The van der Waals surface area contributed by atoms with Gasteiger partial charge in [-0.1, -0.05) is 0 Å². The predicted molar refractivity (Wildman–Crippen MR) is 37.2 cm³/mol. The third-order valence-electron chi connectivity index (χ3n) is 1.30. The number of ketones is 1. The van der Waals surface area contributed by atoms with Gasteiger partial charge in [0.05, 0.1) is 6.61 Å². The van der Waals surface area contributed by atoms with Crippen molar-refractivity contribution in [3.63, 3.8) is 0 Å². The van der Waals surface area contributed by atoms with E-state index < -0.39 is 0 Å². The first kappa shape index (κ1) is 8.64. The van der Waals surface area contributed by atoms with Crippen LogP contribution in [0.25, 0.3) is 0 Å². The maximum Gasteiger partial charge on any atom is 0.184 e. The van der Waals surface area contributed by atoms with Gasteiger partial charge in [0.1, 0.15) is 13.2 Å². The van der Waals surface area contributed by atoms with Gasteiger partial charge in [0.25, 0.3) is 0 Å². The summed E-state index contributed by atoms with van der Waals surface area (Å²) in [5.74, 6) is -0.0350. The van der Waals surface area contributed by atoms with Crippen molar-refractivity contribution in [2.24, 2.45) is 0 Å². The molecule has 1 rings (SSSR count). The lowest BCUT2D eigenvalue weighted by Crippen LogP contribution is -2.21. The Morgan fingerprint density at radius 1 is 1.64 bits per heavy atom. The summed E-state index contributed by atoms with van der Waals surface area (Å²) in [5.41, 5.74) is 0. The van der Waals surface area contributed by atoms with Gasteiger partial charge in [-0.05, 0) is 6.92 Å². The van der Waals surface area contributed by atoms with Crippen molar-refractivity contribution in [1.82, 2.24) is 0 Å². The summed E-state index contributed by atoms with van der Waals surface area (Å²) in [6, 6.07) is 0. The molecule has 1 unspecified atom stereocenters. The van der Waals surface area contributed by atoms with Crippen LogP contribution in [0.5, 0.6) is 0 Å². The Hall–Kier alpha value is -0.450. The Balaban J connectivity index is 2.28. The summed E-state index contributed by atoms with van der Waals surface area (Å²) >= 11 is 0. The smallest absolute Gasteiger partial charge is 0.184 e. The van der Waals surface area contributed by atoms with Crippen LogP contribution in [0.2, 0.25) is 0 Å². The zero-order chi connectivity index (χ0) is 8.10. The summed E-state index contributed by atoms with van der Waals surface area (Å²) in [6.45, 7) is 3.03. The van der Waals surface area contributed by atoms with E-state index in [0.717, 1.165) is 0 Å². The molecule has 1 fully saturated rings. The van der Waals surface area contributed by atoms with Crippen LogP contribution in [-0.4, -0.2) is 38.5 Å². The van der Waals surface area contributed by atoms with Gasteiger partial charge in [-0.25, -0.2) is 0 Å². The van der Waals surface area contributed by atoms with Crippen molar-refractivity contribution in [2.75, 3.05) is 26.4 Å². The Labute approximate surface area is 65.4 Å². The molecule has 0 bridgehead atoms. The molecule has 0 N–H and O–H groups in total. The van der Waals surface area contributed by atoms with E-state index in [0.29, 0.717) is 13.2 Å². The highest BCUT2D eigenvalue weighted by Gasteiger charge is 2.16. The van der Waals surface area contributed by atoms with Crippen molar-refractivity contribution < 1.29 is 19.0 Å². The molecule has 0 radical (unpaired) electrons. The zero-order valence-electron chi connectivity index (χ0n) is 6.54. The molecule has 0 aromatic rings. The van der Waals surface area contributed by atoms with Gasteiger partial charge in [0, 0.05) is 6.61 Å². The lowest BCUT2D eigenvalue weighted by atomic mass is 10.5. The molecule has 1 atom stereocenters. The van der Waals surface area contributed by atoms with Gasteiger partial charge in [0.15, 0.2) is 12.1 Å². The Kier molecular flexibility index (Phi) is 3.48. The first-order valence-corrected chi connectivity index (χ1v) is 3.65. The molecule has 1 aliphatic heterocycles. The fourth-order valence-corrected chi connectivity index (χ4v) is 0.827. The maximum absolute atomic E-state index is 10.7. The fraction of sp³-hybridized carbons (Fsp3) is 0.857. The third-order valence-corrected chi connectivity index (χ3v) is 1.30. The van der Waals surface area contributed by atoms with E-state index >= 15 is 0 Å². The average molecular weight is 160 g/mol. The van der Waals surface area contributed by atoms with Crippen molar-refractivity contribution in [1.29, 1.82) is 0 Å². The molecule has 0 spiro atoms. The normalized spacial score (nSPS) is 26.6. The van der Waals surface area contributed by atoms with Crippen molar-refractivity contribution in [2.45, 2.75) is 13.2 Å². The SMILES string of the molecule is CCOC1COCC(=O)CO1. The monoisotopic (exact) mass is 160 g/mol. The van der Waals surface area contributed by atoms with Crippen LogP contribution in [0.1, 0.15) is 6.92 Å². The van der Waals surface area contributed by atoms with Crippen LogP contribution in [0.15, 0.2) is 0 Å². The van der Waals surface area contributed by atoms with Gasteiger partial charge < -0.3 is 14.2 Å². The molecule has 0 saturated carbocycles. The number of ether oxygens (including phenoxy) is 3. The quantitative estimate of drug-likeness (QED) is 0.568. The minimum Gasteiger partial charge on any atom is -0.368 e. The molecule has 64 valence electrons. The van der Waals surface area contributed by atoms with Crippen LogP contribution >= 0.6 is 0 Å². The van der Waals surface area contributed by atoms with Gasteiger partial charge in [-0.3, -0.25) is 4.79 Å². The van der Waals surface area contributed by atoms with Gasteiger partial charge in [-0.15, -0.1) is 0 Å². The first-order chi connectivity index (χ1) is 5.33. The fourth-order valence-electron chi connectivity index (χ4n) is 0.827. The highest BCUT2D eigenvalue weighted by Crippen LogP contribution is 2.00. The van der Waals surface area contributed by atoms with Crippen LogP contribution in [0.4, 0.5) is 0 Å². The maximum atomic E-state index is 10.7. The molecule has 1 heterocycles. The first-order valence-electron chi connectivity index (χ1n) is 3.65. The summed E-state index contributed by atoms with van der Waals surface area (Å²) in [7, 11) is 0. The number of rotatable bonds is 2. The molecule has 4 nitrogen and oxygen atoms in total. The summed E-state index contributed by atoms with van der Waals surface area (Å²) in [6.07, 6.45) is -0.369. The highest BCUT2D eigenvalue weighted by molar-refractivity contribution is 5.81. The van der Waals surface area contributed by atoms with E-state index in [1.54, 1.807) is 0 Å². The van der Waals surface area contributed by atoms with Gasteiger partial charge in [0.2, 0.25) is 0 Å². The number of Topliss-reactive ketones (excluding diaryl/α,β-unsaturated/α-hetero) is 1. The molecular formula is C7H12O4. The summed E-state index contributed by atoms with van der Waals surface area (Å²) < 4.78 is 15.1. The summed E-state index contributed by atoms with van der Waals surface area (Å²) in [5, 5.41) is 0. The molecule has 1 saturated heterocycles. The average Bonchev–Trinajstić information content (AvgIpc) is 2.17. The largest absolute Gasteiger partial charge is 0.368 e. The lowest BCUT2D eigenvalue weighted by Gasteiger charge is -2.12. The second kappa shape index (κ2) is 4.43. The van der Waals surface area contributed by atoms with Crippen molar-refractivity contribution >= 4 is 5.78 Å². The minimum absolute atomic E-state index is 0.0350. The number of carbonyl (C=O) groups is 1. The van der Waals surface area contributed by atoms with Crippen LogP contribution in [-0.2, 0) is 19.0 Å². The lowest BCUT2D eigenvalue weighted by molar-refractivity contribution is -0.155. The van der Waals surface area contributed by atoms with E-state index in [1.165, 1.54) is 0 Å². The van der Waals surface area contributed by atoms with Gasteiger partial charge >= 0.3 is 0 Å². The minimum atomic E-state index is -0.369. The zero-order valence-corrected chi connectivity index (χ0v) is 6.54. The third kappa shape index (κ3) is 2.96. The molecule has 0 aliphatic carbocycles. The standard InChI is InChI=1S/C7H12O4/c1-2-10-7-5-9-3-6(8)4-11-7/h7H,2-5H2,1H3. The highest BCUT2D eigenvalue weighted by atomic mass is 16.7. The second-order valence-electron chi connectivity index (χ2n) is 2.25. The van der Waals surface area contributed by atoms with Gasteiger partial charge in [-0.2, -0.15) is 0 Å².